The molecule has 0 aliphatic rings. The van der Waals surface area contributed by atoms with Crippen LogP contribution >= 0.6 is 22.6 Å². The maximum atomic E-state index is 4.03. The molecule has 0 N–H and O–H groups in total. The fourth-order valence-corrected chi connectivity index (χ4v) is 2.14. The first kappa shape index (κ1) is 9.71. The summed E-state index contributed by atoms with van der Waals surface area (Å²) in [5, 5.41) is 0. The largest absolute Gasteiger partial charge is 0.0620 e. The fourth-order valence-electron chi connectivity index (χ4n) is 1.46. The van der Waals surface area contributed by atoms with Gasteiger partial charge in [0.1, 0.15) is 0 Å². The molecule has 69 valence electrons. The smallest absolute Gasteiger partial charge is 0.0208 e. The molecule has 0 nitrogen and oxygen atoms in total. The normalized spacial score (nSPS) is 10.1. The molecule has 0 bridgehead atoms. The minimum atomic E-state index is 1.08. The molecule has 0 aliphatic heterocycles. The molecule has 0 unspecified atom stereocenters. The van der Waals surface area contributed by atoms with Crippen LogP contribution in [0.25, 0.3) is 11.1 Å². The highest BCUT2D eigenvalue weighted by Gasteiger charge is 2.03. The Morgan fingerprint density at radius 1 is 0.786 bits per heavy atom. The van der Waals surface area contributed by atoms with Crippen LogP contribution in [-0.2, 0) is 0 Å². The average molecular weight is 293 g/mol. The molecule has 0 fully saturated rings. The maximum absolute atomic E-state index is 4.03. The van der Waals surface area contributed by atoms with Crippen LogP contribution < -0.4 is 0 Å². The van der Waals surface area contributed by atoms with E-state index in [0.29, 0.717) is 0 Å². The quantitative estimate of drug-likeness (QED) is 0.693. The van der Waals surface area contributed by atoms with Crippen molar-refractivity contribution in [2.24, 2.45) is 0 Å². The lowest BCUT2D eigenvalue weighted by Gasteiger charge is -2.07. The van der Waals surface area contributed by atoms with Gasteiger partial charge in [0.05, 0.1) is 0 Å². The number of hydrogen-bond donors (Lipinski definition) is 0. The van der Waals surface area contributed by atoms with Gasteiger partial charge in [-0.1, -0.05) is 42.5 Å². The summed E-state index contributed by atoms with van der Waals surface area (Å²) in [7, 11) is 0. The van der Waals surface area contributed by atoms with Gasteiger partial charge >= 0.3 is 0 Å². The van der Waals surface area contributed by atoms with E-state index in [1.807, 2.05) is 18.2 Å². The highest BCUT2D eigenvalue weighted by molar-refractivity contribution is 14.1. The molecule has 0 heterocycles. The number of benzene rings is 2. The molecule has 0 atom stereocenters. The van der Waals surface area contributed by atoms with E-state index in [1.54, 1.807) is 0 Å². The Balaban J connectivity index is 2.61. The molecule has 2 rings (SSSR count). The maximum Gasteiger partial charge on any atom is 0.0208 e. The highest BCUT2D eigenvalue weighted by Crippen LogP contribution is 2.27. The predicted molar refractivity (Wildman–Crippen MR) is 69.1 cm³/mol. The standard InChI is InChI=1S/C13H10I/c1-10-6-2-3-7-11(10)12-8-4-5-9-13(12)14/h2-9H,1H2. The Morgan fingerprint density at radius 2 is 1.36 bits per heavy atom. The summed E-state index contributed by atoms with van der Waals surface area (Å²) in [6.45, 7) is 4.03. The van der Waals surface area contributed by atoms with E-state index in [9.17, 15) is 0 Å². The van der Waals surface area contributed by atoms with Crippen LogP contribution in [0.15, 0.2) is 48.5 Å². The second kappa shape index (κ2) is 4.13. The van der Waals surface area contributed by atoms with Crippen LogP contribution in [-0.4, -0.2) is 0 Å². The van der Waals surface area contributed by atoms with Crippen molar-refractivity contribution < 1.29 is 0 Å². The molecule has 2 aromatic carbocycles. The van der Waals surface area contributed by atoms with E-state index >= 15 is 0 Å². The Bertz CT molecular complexity index is 403. The van der Waals surface area contributed by atoms with Gasteiger partial charge in [0.25, 0.3) is 0 Å². The van der Waals surface area contributed by atoms with E-state index in [4.69, 9.17) is 0 Å². The predicted octanol–water partition coefficient (Wildman–Crippen LogP) is 4.14. The van der Waals surface area contributed by atoms with Crippen molar-refractivity contribution in [1.82, 2.24) is 0 Å². The lowest BCUT2D eigenvalue weighted by atomic mass is 10.0. The van der Waals surface area contributed by atoms with Gasteiger partial charge in [-0.25, -0.2) is 0 Å². The molecule has 0 aliphatic carbocycles. The summed E-state index contributed by atoms with van der Waals surface area (Å²) in [6.07, 6.45) is 0. The molecule has 2 aromatic rings. The topological polar surface area (TPSA) is 0 Å². The zero-order chi connectivity index (χ0) is 9.97. The first-order chi connectivity index (χ1) is 6.79. The number of rotatable bonds is 1. The zero-order valence-electron chi connectivity index (χ0n) is 7.70. The van der Waals surface area contributed by atoms with Crippen molar-refractivity contribution in [1.29, 1.82) is 0 Å². The molecule has 0 aromatic heterocycles. The summed E-state index contributed by atoms with van der Waals surface area (Å²) in [6, 6.07) is 16.6. The van der Waals surface area contributed by atoms with Gasteiger partial charge < -0.3 is 0 Å². The molecule has 0 spiro atoms. The fraction of sp³-hybridized carbons (Fsp3) is 0. The van der Waals surface area contributed by atoms with Crippen LogP contribution in [0.3, 0.4) is 0 Å². The molecule has 14 heavy (non-hydrogen) atoms. The molecule has 1 radical (unpaired) electrons. The molecular weight excluding hydrogens is 283 g/mol. The molecule has 0 saturated heterocycles. The van der Waals surface area contributed by atoms with Crippen molar-refractivity contribution in [3.05, 3.63) is 64.6 Å². The molecule has 0 saturated carbocycles. The van der Waals surface area contributed by atoms with Crippen molar-refractivity contribution in [3.63, 3.8) is 0 Å². The van der Waals surface area contributed by atoms with Crippen LogP contribution in [0, 0.1) is 10.5 Å². The second-order valence-corrected chi connectivity index (χ2v) is 4.30. The monoisotopic (exact) mass is 293 g/mol. The number of hydrogen-bond acceptors (Lipinski definition) is 0. The summed E-state index contributed by atoms with van der Waals surface area (Å²) in [5.41, 5.74) is 3.56. The first-order valence-electron chi connectivity index (χ1n) is 4.45. The van der Waals surface area contributed by atoms with Gasteiger partial charge in [-0.15, -0.1) is 0 Å². The molecular formula is C13H10I. The third-order valence-corrected chi connectivity index (χ3v) is 3.12. The second-order valence-electron chi connectivity index (χ2n) is 3.14. The van der Waals surface area contributed by atoms with Crippen molar-refractivity contribution in [2.75, 3.05) is 0 Å². The van der Waals surface area contributed by atoms with E-state index in [1.165, 1.54) is 14.7 Å². The summed E-state index contributed by atoms with van der Waals surface area (Å²) in [4.78, 5) is 0. The lowest BCUT2D eigenvalue weighted by molar-refractivity contribution is 1.54. The van der Waals surface area contributed by atoms with E-state index in [2.05, 4.69) is 59.8 Å². The van der Waals surface area contributed by atoms with Gasteiger partial charge in [-0.2, -0.15) is 0 Å². The Labute approximate surface area is 98.1 Å². The molecule has 1 heteroatoms. The summed E-state index contributed by atoms with van der Waals surface area (Å²) < 4.78 is 1.27. The summed E-state index contributed by atoms with van der Waals surface area (Å²) in [5.74, 6) is 0. The third kappa shape index (κ3) is 1.82. The Kier molecular flexibility index (Phi) is 2.87. The zero-order valence-corrected chi connectivity index (χ0v) is 9.86. The third-order valence-electron chi connectivity index (χ3n) is 2.18. The van der Waals surface area contributed by atoms with E-state index < -0.39 is 0 Å². The van der Waals surface area contributed by atoms with Gasteiger partial charge in [0.15, 0.2) is 0 Å². The average Bonchev–Trinajstić information content (AvgIpc) is 2.20. The summed E-state index contributed by atoms with van der Waals surface area (Å²) >= 11 is 2.35. The van der Waals surface area contributed by atoms with E-state index in [0.717, 1.165) is 5.56 Å². The van der Waals surface area contributed by atoms with E-state index in [-0.39, 0.29) is 0 Å². The van der Waals surface area contributed by atoms with Crippen LogP contribution in [0.1, 0.15) is 5.56 Å². The van der Waals surface area contributed by atoms with Gasteiger partial charge in [0.2, 0.25) is 0 Å². The lowest BCUT2D eigenvalue weighted by Crippen LogP contribution is -1.85. The molecule has 0 amide bonds. The van der Waals surface area contributed by atoms with Gasteiger partial charge in [0, 0.05) is 3.57 Å². The van der Waals surface area contributed by atoms with Crippen molar-refractivity contribution in [3.8, 4) is 11.1 Å². The van der Waals surface area contributed by atoms with Crippen molar-refractivity contribution in [2.45, 2.75) is 0 Å². The van der Waals surface area contributed by atoms with Gasteiger partial charge in [-0.05, 0) is 52.3 Å². The van der Waals surface area contributed by atoms with Crippen molar-refractivity contribution >= 4 is 22.6 Å². The Hall–Kier alpha value is -0.830. The van der Waals surface area contributed by atoms with Crippen LogP contribution in [0.5, 0.6) is 0 Å². The first-order valence-corrected chi connectivity index (χ1v) is 5.53. The Morgan fingerprint density at radius 3 is 2.00 bits per heavy atom. The van der Waals surface area contributed by atoms with Gasteiger partial charge in [-0.3, -0.25) is 0 Å². The number of halogens is 1. The minimum Gasteiger partial charge on any atom is -0.0620 e. The highest BCUT2D eigenvalue weighted by atomic mass is 127. The van der Waals surface area contributed by atoms with Crippen LogP contribution in [0.4, 0.5) is 0 Å². The van der Waals surface area contributed by atoms with Crippen LogP contribution in [0.2, 0.25) is 0 Å². The SMILES string of the molecule is [CH2]c1ccccc1-c1ccccc1I. The minimum absolute atomic E-state index is 1.08.